The van der Waals surface area contributed by atoms with E-state index >= 15 is 0 Å². The first-order valence-electron chi connectivity index (χ1n) is 12.3. The predicted octanol–water partition coefficient (Wildman–Crippen LogP) is 1.53. The van der Waals surface area contributed by atoms with Crippen molar-refractivity contribution in [3.63, 3.8) is 0 Å². The number of halogens is 3. The quantitative estimate of drug-likeness (QED) is 0.126. The van der Waals surface area contributed by atoms with Crippen LogP contribution in [0.1, 0.15) is 12.1 Å². The average Bonchev–Trinajstić information content (AvgIpc) is 3.56. The summed E-state index contributed by atoms with van der Waals surface area (Å²) in [5.74, 6) is -2.62. The number of anilines is 1. The average molecular weight is 692 g/mol. The number of nitrogens with zero attached hydrogens (tertiary/aromatic N) is 7. The van der Waals surface area contributed by atoms with Crippen molar-refractivity contribution < 1.29 is 42.3 Å². The number of aliphatic carboxylic acids is 1. The molecule has 0 saturated carbocycles. The highest BCUT2D eigenvalue weighted by Crippen LogP contribution is 2.41. The molecule has 2 aromatic heterocycles. The fraction of sp³-hybridized carbons (Fsp3) is 0.409. The van der Waals surface area contributed by atoms with Crippen LogP contribution in [0.25, 0.3) is 0 Å². The summed E-state index contributed by atoms with van der Waals surface area (Å²) < 4.78 is 39.2. The van der Waals surface area contributed by atoms with E-state index in [1.807, 2.05) is 0 Å². The van der Waals surface area contributed by atoms with Gasteiger partial charge in [-0.25, -0.2) is 14.5 Å². The molecule has 0 bridgehead atoms. The van der Waals surface area contributed by atoms with Gasteiger partial charge in [0.25, 0.3) is 5.91 Å². The van der Waals surface area contributed by atoms with Crippen LogP contribution in [0.5, 0.6) is 0 Å². The second-order valence-electron chi connectivity index (χ2n) is 9.15. The number of aromatic nitrogens is 5. The number of tetrazole rings is 1. The number of carboxylic acid groups (broad SMARTS) is 1. The summed E-state index contributed by atoms with van der Waals surface area (Å²) in [5.41, 5.74) is 0.104. The number of allylic oxidation sites excluding steroid dienone is 1. The number of carbonyl (C=O) groups is 4. The molecule has 3 amide bonds. The Hall–Kier alpha value is -3.63. The van der Waals surface area contributed by atoms with E-state index in [1.165, 1.54) is 26.7 Å². The van der Waals surface area contributed by atoms with Gasteiger partial charge in [0.05, 0.1) is 18.3 Å². The molecule has 0 radical (unpaired) electrons. The second-order valence-corrected chi connectivity index (χ2v) is 13.2. The van der Waals surface area contributed by atoms with Crippen molar-refractivity contribution >= 4 is 81.2 Å². The molecule has 2 aromatic rings. The van der Waals surface area contributed by atoms with Gasteiger partial charge in [-0.05, 0) is 16.0 Å². The van der Waals surface area contributed by atoms with E-state index in [4.69, 9.17) is 4.84 Å². The zero-order chi connectivity index (χ0) is 31.6. The maximum Gasteiger partial charge on any atom is 0.471 e. The minimum absolute atomic E-state index is 0.0362. The highest BCUT2D eigenvalue weighted by molar-refractivity contribution is 8.01. The molecule has 3 N–H and O–H groups in total. The Morgan fingerprint density at radius 2 is 2.07 bits per heavy atom. The maximum atomic E-state index is 13.1. The second kappa shape index (κ2) is 13.2. The highest BCUT2D eigenvalue weighted by atomic mass is 32.2. The first kappa shape index (κ1) is 31.8. The van der Waals surface area contributed by atoms with Crippen LogP contribution in [0.4, 0.5) is 18.3 Å². The zero-order valence-corrected chi connectivity index (χ0v) is 25.3. The number of thiazole rings is 1. The normalized spacial score (nSPS) is 18.7. The smallest absolute Gasteiger partial charge is 0.471 e. The van der Waals surface area contributed by atoms with Crippen molar-refractivity contribution in [1.82, 2.24) is 35.4 Å². The molecule has 22 heteroatoms. The number of fused-ring (bicyclic) bond motifs is 1. The van der Waals surface area contributed by atoms with Gasteiger partial charge in [-0.2, -0.15) is 24.9 Å². The number of amides is 3. The van der Waals surface area contributed by atoms with Crippen LogP contribution in [0.3, 0.4) is 0 Å². The third kappa shape index (κ3) is 7.18. The van der Waals surface area contributed by atoms with Gasteiger partial charge in [0, 0.05) is 34.1 Å². The van der Waals surface area contributed by atoms with Crippen molar-refractivity contribution in [3.8, 4) is 0 Å². The molecule has 2 fully saturated rings. The summed E-state index contributed by atoms with van der Waals surface area (Å²) in [6.07, 6.45) is -5.10. The Balaban J connectivity index is 1.24. The van der Waals surface area contributed by atoms with E-state index in [1.54, 1.807) is 17.1 Å². The molecular weight excluding hydrogens is 672 g/mol. The fourth-order valence-electron chi connectivity index (χ4n) is 3.79. The van der Waals surface area contributed by atoms with Gasteiger partial charge in [-0.15, -0.1) is 28.2 Å². The molecule has 2 saturated heterocycles. The number of nitrogens with one attached hydrogen (secondary N) is 2. The lowest BCUT2D eigenvalue weighted by molar-refractivity contribution is -0.167. The number of carbonyl (C=O) groups excluding carboxylic acids is 3. The first-order valence-corrected chi connectivity index (χ1v) is 16.4. The Labute approximate surface area is 262 Å². The first-order chi connectivity index (χ1) is 20.9. The molecule has 1 atom stereocenters. The van der Waals surface area contributed by atoms with Crippen LogP contribution in [-0.4, -0.2) is 105 Å². The molecule has 0 spiro atoms. The number of alkyl halides is 3. The number of oxime groups is 1. The van der Waals surface area contributed by atoms with Crippen LogP contribution in [0, 0.1) is 0 Å². The van der Waals surface area contributed by atoms with Gasteiger partial charge < -0.3 is 15.3 Å². The summed E-state index contributed by atoms with van der Waals surface area (Å²) in [4.78, 5) is 58.8. The van der Waals surface area contributed by atoms with E-state index in [0.717, 1.165) is 11.8 Å². The van der Waals surface area contributed by atoms with E-state index in [0.29, 0.717) is 40.6 Å². The van der Waals surface area contributed by atoms with Gasteiger partial charge in [0.15, 0.2) is 10.8 Å². The van der Waals surface area contributed by atoms with Crippen LogP contribution < -0.4 is 10.6 Å². The summed E-state index contributed by atoms with van der Waals surface area (Å²) in [5, 5.41) is 30.1. The maximum absolute atomic E-state index is 13.1. The Kier molecular flexibility index (Phi) is 9.51. The Morgan fingerprint density at radius 1 is 1.30 bits per heavy atom. The van der Waals surface area contributed by atoms with Gasteiger partial charge in [0.1, 0.15) is 17.5 Å². The summed E-state index contributed by atoms with van der Waals surface area (Å²) in [6, 6.07) is 0. The number of rotatable bonds is 12. The van der Waals surface area contributed by atoms with Crippen LogP contribution in [0.15, 0.2) is 39.2 Å². The number of β-lactam (4-membered cyclic amide) rings is 1. The third-order valence-electron chi connectivity index (χ3n) is 5.98. The third-order valence-corrected chi connectivity index (χ3v) is 10.3. The lowest BCUT2D eigenvalue weighted by Gasteiger charge is -2.43. The molecule has 0 aliphatic carbocycles. The van der Waals surface area contributed by atoms with Crippen LogP contribution >= 0.6 is 46.6 Å². The molecule has 1 unspecified atom stereocenters. The fourth-order valence-corrected chi connectivity index (χ4v) is 7.32. The number of thioether (sulfide) groups is 3. The summed E-state index contributed by atoms with van der Waals surface area (Å²) in [7, 11) is 0. The molecule has 3 aliphatic rings. The molecule has 0 aromatic carbocycles. The molecule has 5 rings (SSSR count). The predicted molar refractivity (Wildman–Crippen MR) is 154 cm³/mol. The van der Waals surface area contributed by atoms with E-state index < -0.39 is 29.1 Å². The standard InChI is InChI=1S/C22H20F3N9O6S4/c1-9(3-33-21(29-31-32-33)44-5-10-4-42-14-2-13(35)34(14)16(10)18(37)38)26-17(36)15(30-40-11-6-41-7-11)12-8-43-20(27-12)28-19(39)22(23,24)25/h8,11,14H,1-7H2,(H,26,36)(H,37,38)(H,27,28,39)/b30-15+. The lowest BCUT2D eigenvalue weighted by atomic mass is 10.1. The SMILES string of the molecule is C=C(Cn1nnnc1SCC1=C(C(=O)O)N2C(=O)CC2SC1)NC(=O)/C(=N/OC1CSC1)c1csc(NC(=O)C(F)(F)F)n1. The van der Waals surface area contributed by atoms with Gasteiger partial charge in [-0.1, -0.05) is 23.5 Å². The molecule has 5 heterocycles. The van der Waals surface area contributed by atoms with Gasteiger partial charge in [0.2, 0.25) is 11.1 Å². The van der Waals surface area contributed by atoms with Crippen molar-refractivity contribution in [2.45, 2.75) is 35.8 Å². The molecule has 234 valence electrons. The summed E-state index contributed by atoms with van der Waals surface area (Å²) >= 11 is 4.86. The van der Waals surface area contributed by atoms with E-state index in [-0.39, 0.29) is 57.6 Å². The van der Waals surface area contributed by atoms with Crippen molar-refractivity contribution in [3.05, 3.63) is 34.6 Å². The zero-order valence-electron chi connectivity index (χ0n) is 22.1. The lowest BCUT2D eigenvalue weighted by Crippen LogP contribution is -2.54. The van der Waals surface area contributed by atoms with Crippen molar-refractivity contribution in [1.29, 1.82) is 0 Å². The van der Waals surface area contributed by atoms with Crippen molar-refractivity contribution in [2.75, 3.05) is 28.3 Å². The van der Waals surface area contributed by atoms with Crippen LogP contribution in [-0.2, 0) is 30.6 Å². The largest absolute Gasteiger partial charge is 0.477 e. The van der Waals surface area contributed by atoms with Gasteiger partial charge in [-0.3, -0.25) is 24.6 Å². The Morgan fingerprint density at radius 3 is 2.73 bits per heavy atom. The van der Waals surface area contributed by atoms with E-state index in [9.17, 15) is 37.5 Å². The Bertz CT molecular complexity index is 1570. The minimum atomic E-state index is -5.13. The minimum Gasteiger partial charge on any atom is -0.477 e. The highest BCUT2D eigenvalue weighted by Gasteiger charge is 2.45. The monoisotopic (exact) mass is 691 g/mol. The van der Waals surface area contributed by atoms with E-state index in [2.05, 4.69) is 37.6 Å². The number of carboxylic acids is 1. The van der Waals surface area contributed by atoms with Crippen molar-refractivity contribution in [2.24, 2.45) is 5.16 Å². The molecule has 3 aliphatic heterocycles. The van der Waals surface area contributed by atoms with Gasteiger partial charge >= 0.3 is 18.1 Å². The summed E-state index contributed by atoms with van der Waals surface area (Å²) in [6.45, 7) is 3.70. The molecular formula is C22H20F3N9O6S4. The number of hydrogen-bond donors (Lipinski definition) is 3. The molecule has 44 heavy (non-hydrogen) atoms. The topological polar surface area (TPSA) is 194 Å². The van der Waals surface area contributed by atoms with Crippen LogP contribution in [0.2, 0.25) is 0 Å². The molecule has 15 nitrogen and oxygen atoms in total. The number of hydrogen-bond acceptors (Lipinski definition) is 14.